The van der Waals surface area contributed by atoms with Gasteiger partial charge in [-0.25, -0.2) is 0 Å². The van der Waals surface area contributed by atoms with Crippen molar-refractivity contribution in [2.45, 2.75) is 6.04 Å². The lowest BCUT2D eigenvalue weighted by Crippen LogP contribution is -2.61. The van der Waals surface area contributed by atoms with Gasteiger partial charge in [-0.3, -0.25) is 14.8 Å². The molecule has 5 heteroatoms. The molecule has 1 atom stereocenters. The van der Waals surface area contributed by atoms with Crippen LogP contribution >= 0.6 is 0 Å². The fraction of sp³-hybridized carbons (Fsp3) is 0.917. The number of guanidine groups is 1. The van der Waals surface area contributed by atoms with Crippen LogP contribution < -0.4 is 0 Å². The molecule has 0 amide bonds. The molecule has 5 nitrogen and oxygen atoms in total. The molecule has 3 aliphatic heterocycles. The first-order valence-electron chi connectivity index (χ1n) is 6.43. The number of piperazine rings is 3. The number of hydrogen-bond donors (Lipinski definition) is 0. The van der Waals surface area contributed by atoms with Crippen LogP contribution in [0.25, 0.3) is 0 Å². The largest absolute Gasteiger partial charge is 0.349 e. The van der Waals surface area contributed by atoms with Crippen LogP contribution in [0.3, 0.4) is 0 Å². The highest BCUT2D eigenvalue weighted by Gasteiger charge is 2.31. The maximum atomic E-state index is 4.77. The van der Waals surface area contributed by atoms with E-state index in [1.807, 2.05) is 0 Å². The Morgan fingerprint density at radius 3 is 2.06 bits per heavy atom. The fourth-order valence-electron chi connectivity index (χ4n) is 2.77. The standard InChI is InChI=1S/C12H25N5/c1-14(2)12(15(3)4)13-9-11-10-16-5-7-17(11)8-6-16/h11H,5-10H2,1-4H3. The number of fused-ring (bicyclic) bond motifs is 3. The lowest BCUT2D eigenvalue weighted by Gasteiger charge is -2.47. The molecule has 0 aromatic heterocycles. The summed E-state index contributed by atoms with van der Waals surface area (Å²) < 4.78 is 0. The second-order valence-corrected chi connectivity index (χ2v) is 5.42. The fourth-order valence-corrected chi connectivity index (χ4v) is 2.77. The number of rotatable bonds is 2. The van der Waals surface area contributed by atoms with Gasteiger partial charge >= 0.3 is 0 Å². The molecule has 0 saturated carbocycles. The SMILES string of the molecule is CN(C)C(=NCC1CN2CCN1CC2)N(C)C. The molecule has 1 unspecified atom stereocenters. The Kier molecular flexibility index (Phi) is 3.89. The van der Waals surface area contributed by atoms with E-state index in [-0.39, 0.29) is 0 Å². The van der Waals surface area contributed by atoms with Gasteiger partial charge in [-0.2, -0.15) is 0 Å². The van der Waals surface area contributed by atoms with Crippen LogP contribution in [0.5, 0.6) is 0 Å². The minimum absolute atomic E-state index is 0.618. The van der Waals surface area contributed by atoms with Crippen LogP contribution in [-0.4, -0.2) is 99.1 Å². The zero-order valence-electron chi connectivity index (χ0n) is 11.6. The Morgan fingerprint density at radius 2 is 1.65 bits per heavy atom. The third kappa shape index (κ3) is 2.90. The highest BCUT2D eigenvalue weighted by Crippen LogP contribution is 2.15. The van der Waals surface area contributed by atoms with Crippen LogP contribution in [-0.2, 0) is 0 Å². The molecule has 17 heavy (non-hydrogen) atoms. The van der Waals surface area contributed by atoms with Gasteiger partial charge in [-0.05, 0) is 0 Å². The molecule has 0 aliphatic carbocycles. The lowest BCUT2D eigenvalue weighted by molar-refractivity contribution is 0.0173. The van der Waals surface area contributed by atoms with Gasteiger partial charge < -0.3 is 9.80 Å². The predicted molar refractivity (Wildman–Crippen MR) is 71.5 cm³/mol. The van der Waals surface area contributed by atoms with Crippen molar-refractivity contribution >= 4 is 5.96 Å². The Morgan fingerprint density at radius 1 is 1.06 bits per heavy atom. The van der Waals surface area contributed by atoms with E-state index in [9.17, 15) is 0 Å². The van der Waals surface area contributed by atoms with Crippen molar-refractivity contribution < 1.29 is 0 Å². The monoisotopic (exact) mass is 239 g/mol. The van der Waals surface area contributed by atoms with Crippen molar-refractivity contribution in [2.75, 3.05) is 67.5 Å². The van der Waals surface area contributed by atoms with E-state index in [0.717, 1.165) is 12.5 Å². The van der Waals surface area contributed by atoms with Crippen LogP contribution in [0.1, 0.15) is 0 Å². The molecule has 3 aliphatic rings. The third-order valence-electron chi connectivity index (χ3n) is 3.64. The molecule has 3 rings (SSSR count). The Balaban J connectivity index is 1.94. The molecular formula is C12H25N5. The van der Waals surface area contributed by atoms with Gasteiger partial charge in [0.25, 0.3) is 0 Å². The summed E-state index contributed by atoms with van der Waals surface area (Å²) in [6.45, 7) is 7.04. The lowest BCUT2D eigenvalue weighted by atomic mass is 10.1. The quantitative estimate of drug-likeness (QED) is 0.478. The van der Waals surface area contributed by atoms with E-state index in [4.69, 9.17) is 4.99 Å². The molecule has 0 spiro atoms. The summed E-state index contributed by atoms with van der Waals surface area (Å²) in [6, 6.07) is 0.618. The summed E-state index contributed by atoms with van der Waals surface area (Å²) in [6.07, 6.45) is 0. The van der Waals surface area contributed by atoms with Crippen LogP contribution in [0.2, 0.25) is 0 Å². The van der Waals surface area contributed by atoms with Gasteiger partial charge in [-0.15, -0.1) is 0 Å². The van der Waals surface area contributed by atoms with E-state index >= 15 is 0 Å². The highest BCUT2D eigenvalue weighted by molar-refractivity contribution is 5.79. The molecule has 0 radical (unpaired) electrons. The van der Waals surface area contributed by atoms with Gasteiger partial charge in [0.2, 0.25) is 0 Å². The van der Waals surface area contributed by atoms with Crippen LogP contribution in [0.15, 0.2) is 4.99 Å². The Labute approximate surface area is 105 Å². The van der Waals surface area contributed by atoms with Crippen molar-refractivity contribution in [3.05, 3.63) is 0 Å². The van der Waals surface area contributed by atoms with Gasteiger partial charge in [0.1, 0.15) is 0 Å². The highest BCUT2D eigenvalue weighted by atomic mass is 15.4. The maximum absolute atomic E-state index is 4.77. The molecule has 0 aromatic carbocycles. The smallest absolute Gasteiger partial charge is 0.195 e. The summed E-state index contributed by atoms with van der Waals surface area (Å²) in [5, 5.41) is 0. The zero-order chi connectivity index (χ0) is 12.4. The topological polar surface area (TPSA) is 25.3 Å². The minimum atomic E-state index is 0.618. The van der Waals surface area contributed by atoms with E-state index in [2.05, 4.69) is 47.8 Å². The number of nitrogens with zero attached hydrogens (tertiary/aromatic N) is 5. The van der Waals surface area contributed by atoms with Gasteiger partial charge in [0, 0.05) is 67.0 Å². The van der Waals surface area contributed by atoms with Gasteiger partial charge in [0.05, 0.1) is 6.54 Å². The molecule has 3 heterocycles. The first-order chi connectivity index (χ1) is 8.08. The van der Waals surface area contributed by atoms with Gasteiger partial charge in [-0.1, -0.05) is 0 Å². The predicted octanol–water partition coefficient (Wildman–Crippen LogP) is -0.535. The van der Waals surface area contributed by atoms with E-state index in [1.165, 1.54) is 32.7 Å². The van der Waals surface area contributed by atoms with Gasteiger partial charge in [0.15, 0.2) is 5.96 Å². The van der Waals surface area contributed by atoms with Crippen molar-refractivity contribution in [2.24, 2.45) is 4.99 Å². The van der Waals surface area contributed by atoms with E-state index in [0.29, 0.717) is 6.04 Å². The first-order valence-corrected chi connectivity index (χ1v) is 6.43. The average molecular weight is 239 g/mol. The van der Waals surface area contributed by atoms with E-state index < -0.39 is 0 Å². The number of hydrogen-bond acceptors (Lipinski definition) is 3. The molecule has 0 aromatic rings. The second-order valence-electron chi connectivity index (χ2n) is 5.42. The van der Waals surface area contributed by atoms with Crippen molar-refractivity contribution in [1.29, 1.82) is 0 Å². The van der Waals surface area contributed by atoms with Crippen LogP contribution in [0, 0.1) is 0 Å². The Bertz CT molecular complexity index is 269. The molecule has 2 bridgehead atoms. The third-order valence-corrected chi connectivity index (χ3v) is 3.64. The summed E-state index contributed by atoms with van der Waals surface area (Å²) in [7, 11) is 8.20. The van der Waals surface area contributed by atoms with Crippen molar-refractivity contribution in [3.8, 4) is 0 Å². The van der Waals surface area contributed by atoms with Crippen molar-refractivity contribution in [1.82, 2.24) is 19.6 Å². The molecule has 3 fully saturated rings. The summed E-state index contributed by atoms with van der Waals surface area (Å²) in [5.74, 6) is 1.06. The van der Waals surface area contributed by atoms with E-state index in [1.54, 1.807) is 0 Å². The minimum Gasteiger partial charge on any atom is -0.349 e. The maximum Gasteiger partial charge on any atom is 0.195 e. The molecule has 98 valence electrons. The van der Waals surface area contributed by atoms with Crippen molar-refractivity contribution in [3.63, 3.8) is 0 Å². The second kappa shape index (κ2) is 5.23. The zero-order valence-corrected chi connectivity index (χ0v) is 11.6. The summed E-state index contributed by atoms with van der Waals surface area (Å²) in [4.78, 5) is 14.1. The summed E-state index contributed by atoms with van der Waals surface area (Å²) >= 11 is 0. The van der Waals surface area contributed by atoms with Crippen LogP contribution in [0.4, 0.5) is 0 Å². The molecular weight excluding hydrogens is 214 g/mol. The first kappa shape index (κ1) is 12.6. The molecule has 3 saturated heterocycles. The Hall–Kier alpha value is -0.810. The molecule has 0 N–H and O–H groups in total. The normalized spacial score (nSPS) is 31.2. The summed E-state index contributed by atoms with van der Waals surface area (Å²) in [5.41, 5.74) is 0. The number of aliphatic imine (C=N–C) groups is 1. The average Bonchev–Trinajstić information content (AvgIpc) is 2.30.